The quantitative estimate of drug-likeness (QED) is 0.644. The van der Waals surface area contributed by atoms with Crippen molar-refractivity contribution in [3.8, 4) is 0 Å². The number of benzene rings is 2. The van der Waals surface area contributed by atoms with Crippen LogP contribution in [0, 0.1) is 5.92 Å². The van der Waals surface area contributed by atoms with Gasteiger partial charge in [0, 0.05) is 37.5 Å². The number of sulfonamides is 1. The number of nitrogens with one attached hydrogen (secondary N) is 1. The summed E-state index contributed by atoms with van der Waals surface area (Å²) in [5.41, 5.74) is 3.27. The van der Waals surface area contributed by atoms with Crippen LogP contribution in [0.1, 0.15) is 42.4 Å². The minimum absolute atomic E-state index is 0.0165. The van der Waals surface area contributed by atoms with E-state index >= 15 is 0 Å². The van der Waals surface area contributed by atoms with Gasteiger partial charge in [-0.1, -0.05) is 54.6 Å². The third-order valence-electron chi connectivity index (χ3n) is 6.58. The molecule has 2 heterocycles. The summed E-state index contributed by atoms with van der Waals surface area (Å²) in [5.74, 6) is -0.136. The van der Waals surface area contributed by atoms with Crippen LogP contribution in [0.15, 0.2) is 60.0 Å². The summed E-state index contributed by atoms with van der Waals surface area (Å²) in [6.45, 7) is 4.46. The van der Waals surface area contributed by atoms with Crippen LogP contribution in [0.5, 0.6) is 0 Å². The van der Waals surface area contributed by atoms with Crippen molar-refractivity contribution in [3.63, 3.8) is 0 Å². The van der Waals surface area contributed by atoms with Crippen molar-refractivity contribution in [3.05, 3.63) is 76.7 Å². The molecule has 0 atom stereocenters. The van der Waals surface area contributed by atoms with Gasteiger partial charge in [0.1, 0.15) is 0 Å². The molecule has 1 N–H and O–H groups in total. The highest BCUT2D eigenvalue weighted by Crippen LogP contribution is 2.22. The molecule has 2 fully saturated rings. The van der Waals surface area contributed by atoms with E-state index in [4.69, 9.17) is 0 Å². The van der Waals surface area contributed by atoms with E-state index in [0.717, 1.165) is 30.8 Å². The van der Waals surface area contributed by atoms with Gasteiger partial charge in [0.05, 0.1) is 0 Å². The first kappa shape index (κ1) is 23.7. The molecule has 0 spiro atoms. The maximum absolute atomic E-state index is 12.8. The molecular weight excluding hydrogens is 434 g/mol. The van der Waals surface area contributed by atoms with Gasteiger partial charge in [0.2, 0.25) is 15.9 Å². The summed E-state index contributed by atoms with van der Waals surface area (Å²) in [5, 5.41) is 4.36. The summed E-state index contributed by atoms with van der Waals surface area (Å²) < 4.78 is 26.8. The first-order chi connectivity index (χ1) is 16.0. The van der Waals surface area contributed by atoms with Crippen molar-refractivity contribution in [1.29, 1.82) is 0 Å². The Balaban J connectivity index is 1.27. The summed E-state index contributed by atoms with van der Waals surface area (Å²) in [7, 11) is -3.49. The Labute approximate surface area is 197 Å². The van der Waals surface area contributed by atoms with Crippen molar-refractivity contribution >= 4 is 22.0 Å². The second-order valence-corrected chi connectivity index (χ2v) is 10.7. The number of rotatable bonds is 8. The number of piperidine rings is 1. The second kappa shape index (κ2) is 11.1. The number of carbonyl (C=O) groups excluding carboxylic acids is 1. The van der Waals surface area contributed by atoms with Gasteiger partial charge in [0.15, 0.2) is 0 Å². The smallest absolute Gasteiger partial charge is 0.236 e. The summed E-state index contributed by atoms with van der Waals surface area (Å²) in [4.78, 5) is 15.3. The summed E-state index contributed by atoms with van der Waals surface area (Å²) >= 11 is 0. The third kappa shape index (κ3) is 6.53. The zero-order valence-electron chi connectivity index (χ0n) is 19.0. The average molecular weight is 468 g/mol. The normalized spacial score (nSPS) is 18.7. The largest absolute Gasteiger partial charge is 0.352 e. The highest BCUT2D eigenvalue weighted by Gasteiger charge is 2.30. The molecule has 2 aliphatic heterocycles. The molecule has 0 saturated carbocycles. The van der Waals surface area contributed by atoms with E-state index in [2.05, 4.69) is 28.4 Å². The number of amides is 1. The minimum Gasteiger partial charge on any atom is -0.352 e. The predicted molar refractivity (Wildman–Crippen MR) is 131 cm³/mol. The Morgan fingerprint density at radius 3 is 2.24 bits per heavy atom. The fourth-order valence-electron chi connectivity index (χ4n) is 4.58. The van der Waals surface area contributed by atoms with Crippen LogP contribution < -0.4 is 5.32 Å². The molecule has 1 amide bonds. The lowest BCUT2D eigenvalue weighted by Crippen LogP contribution is -2.42. The van der Waals surface area contributed by atoms with Gasteiger partial charge in [-0.15, -0.1) is 0 Å². The van der Waals surface area contributed by atoms with E-state index in [1.807, 2.05) is 36.4 Å². The van der Waals surface area contributed by atoms with Gasteiger partial charge in [0.25, 0.3) is 0 Å². The topological polar surface area (TPSA) is 69.7 Å². The minimum atomic E-state index is -3.49. The summed E-state index contributed by atoms with van der Waals surface area (Å²) in [6, 6.07) is 17.7. The van der Waals surface area contributed by atoms with Crippen LogP contribution >= 0.6 is 0 Å². The molecule has 7 heteroatoms. The lowest BCUT2D eigenvalue weighted by molar-refractivity contribution is -0.126. The Hall–Kier alpha value is -2.48. The lowest BCUT2D eigenvalue weighted by atomic mass is 9.97. The van der Waals surface area contributed by atoms with E-state index in [0.29, 0.717) is 32.5 Å². The molecule has 2 aliphatic rings. The third-order valence-corrected chi connectivity index (χ3v) is 8.15. The van der Waals surface area contributed by atoms with E-state index in [1.165, 1.54) is 28.1 Å². The van der Waals surface area contributed by atoms with Crippen LogP contribution in [-0.4, -0.2) is 49.7 Å². The van der Waals surface area contributed by atoms with Crippen molar-refractivity contribution in [2.24, 2.45) is 5.92 Å². The molecular formula is C26H33N3O3S. The number of carbonyl (C=O) groups is 1. The molecule has 0 bridgehead atoms. The molecule has 6 nitrogen and oxygen atoms in total. The molecule has 0 aliphatic carbocycles. The molecule has 4 rings (SSSR count). The molecule has 0 unspecified atom stereocenters. The van der Waals surface area contributed by atoms with Gasteiger partial charge in [-0.2, -0.15) is 4.31 Å². The number of hydrogen-bond donors (Lipinski definition) is 1. The summed E-state index contributed by atoms with van der Waals surface area (Å²) in [6.07, 6.45) is 5.22. The van der Waals surface area contributed by atoms with Gasteiger partial charge in [-0.3, -0.25) is 9.69 Å². The lowest BCUT2D eigenvalue weighted by Gasteiger charge is -2.29. The maximum atomic E-state index is 12.8. The van der Waals surface area contributed by atoms with Gasteiger partial charge in [-0.05, 0) is 61.5 Å². The van der Waals surface area contributed by atoms with Crippen molar-refractivity contribution in [2.45, 2.75) is 38.8 Å². The zero-order valence-corrected chi connectivity index (χ0v) is 19.8. The number of nitrogens with zero attached hydrogens (tertiary/aromatic N) is 2. The van der Waals surface area contributed by atoms with Gasteiger partial charge in [-0.25, -0.2) is 8.42 Å². The SMILES string of the molecule is O=C(NCc1ccccc1CN1CCCC1)C1CCN(S(=O)(=O)C=Cc2ccccc2)CC1. The van der Waals surface area contributed by atoms with Crippen LogP contribution in [0.2, 0.25) is 0 Å². The van der Waals surface area contributed by atoms with Gasteiger partial charge < -0.3 is 5.32 Å². The van der Waals surface area contributed by atoms with Crippen molar-refractivity contribution in [2.75, 3.05) is 26.2 Å². The van der Waals surface area contributed by atoms with Crippen molar-refractivity contribution in [1.82, 2.24) is 14.5 Å². The molecule has 2 saturated heterocycles. The fourth-order valence-corrected chi connectivity index (χ4v) is 5.80. The molecule has 33 heavy (non-hydrogen) atoms. The van der Waals surface area contributed by atoms with Crippen molar-refractivity contribution < 1.29 is 13.2 Å². The Bertz CT molecular complexity index is 1060. The van der Waals surface area contributed by atoms with Crippen LogP contribution in [0.25, 0.3) is 6.08 Å². The monoisotopic (exact) mass is 467 g/mol. The second-order valence-electron chi connectivity index (χ2n) is 8.90. The molecule has 0 aromatic heterocycles. The first-order valence-electron chi connectivity index (χ1n) is 11.8. The molecule has 0 radical (unpaired) electrons. The zero-order chi connectivity index (χ0) is 23.1. The predicted octanol–water partition coefficient (Wildman–Crippen LogP) is 3.61. The number of likely N-dealkylation sites (tertiary alicyclic amines) is 1. The Morgan fingerprint density at radius 2 is 1.55 bits per heavy atom. The Kier molecular flexibility index (Phi) is 7.96. The van der Waals surface area contributed by atoms with Crippen LogP contribution in [-0.2, 0) is 27.9 Å². The Morgan fingerprint density at radius 1 is 0.909 bits per heavy atom. The van der Waals surface area contributed by atoms with Gasteiger partial charge >= 0.3 is 0 Å². The highest BCUT2D eigenvalue weighted by molar-refractivity contribution is 7.92. The average Bonchev–Trinajstić information content (AvgIpc) is 3.36. The van der Waals surface area contributed by atoms with E-state index in [-0.39, 0.29) is 11.8 Å². The molecule has 176 valence electrons. The van der Waals surface area contributed by atoms with Crippen LogP contribution in [0.3, 0.4) is 0 Å². The fraction of sp³-hybridized carbons (Fsp3) is 0.423. The standard InChI is InChI=1S/C26H33N3O3S/c30-26(27-20-24-10-4-5-11-25(24)21-28-15-6-7-16-28)23-12-17-29(18-13-23)33(31,32)19-14-22-8-2-1-3-9-22/h1-5,8-11,14,19,23H,6-7,12-13,15-18,20-21H2,(H,27,30). The maximum Gasteiger partial charge on any atom is 0.236 e. The van der Waals surface area contributed by atoms with E-state index in [1.54, 1.807) is 6.08 Å². The van der Waals surface area contributed by atoms with Crippen LogP contribution in [0.4, 0.5) is 0 Å². The molecule has 2 aromatic rings. The first-order valence-corrected chi connectivity index (χ1v) is 13.3. The molecule has 2 aromatic carbocycles. The highest BCUT2D eigenvalue weighted by atomic mass is 32.2. The van der Waals surface area contributed by atoms with E-state index < -0.39 is 10.0 Å². The number of hydrogen-bond acceptors (Lipinski definition) is 4. The van der Waals surface area contributed by atoms with E-state index in [9.17, 15) is 13.2 Å².